The maximum absolute atomic E-state index is 11.6. The summed E-state index contributed by atoms with van der Waals surface area (Å²) in [6.45, 7) is 3.78. The molecule has 26 heavy (non-hydrogen) atoms. The number of nitrogens with zero attached hydrogens (tertiary/aromatic N) is 1. The summed E-state index contributed by atoms with van der Waals surface area (Å²) >= 11 is 0. The number of esters is 2. The number of carbonyl (C=O) groups excluding carboxylic acids is 2. The third kappa shape index (κ3) is 6.51. The van der Waals surface area contributed by atoms with Crippen LogP contribution in [-0.4, -0.2) is 18.2 Å². The molecular weight excluding hydrogens is 330 g/mol. The SMILES string of the molecule is CCCCC(=O)Oc1ccc(C=Nc2ccc(OC(=O)CC)cc2)cc1. The minimum atomic E-state index is -0.267. The van der Waals surface area contributed by atoms with Crippen LogP contribution in [0.3, 0.4) is 0 Å². The maximum atomic E-state index is 11.6. The molecule has 0 aliphatic rings. The van der Waals surface area contributed by atoms with E-state index in [1.54, 1.807) is 49.5 Å². The summed E-state index contributed by atoms with van der Waals surface area (Å²) in [4.78, 5) is 27.2. The highest BCUT2D eigenvalue weighted by Gasteiger charge is 2.04. The van der Waals surface area contributed by atoms with Crippen LogP contribution in [0.1, 0.15) is 45.1 Å². The average molecular weight is 353 g/mol. The largest absolute Gasteiger partial charge is 0.427 e. The van der Waals surface area contributed by atoms with Crippen LogP contribution in [0.5, 0.6) is 11.5 Å². The molecule has 0 atom stereocenters. The Morgan fingerprint density at radius 2 is 1.46 bits per heavy atom. The molecule has 0 fully saturated rings. The molecule has 0 N–H and O–H groups in total. The molecule has 0 amide bonds. The molecule has 0 spiro atoms. The fraction of sp³-hybridized carbons (Fsp3) is 0.286. The van der Waals surface area contributed by atoms with Crippen LogP contribution in [0.25, 0.3) is 0 Å². The Balaban J connectivity index is 1.91. The molecule has 0 unspecified atom stereocenters. The molecule has 0 aromatic heterocycles. The van der Waals surface area contributed by atoms with E-state index in [4.69, 9.17) is 9.47 Å². The molecule has 0 radical (unpaired) electrons. The highest BCUT2D eigenvalue weighted by molar-refractivity contribution is 5.82. The molecule has 5 nitrogen and oxygen atoms in total. The third-order valence-electron chi connectivity index (χ3n) is 3.57. The van der Waals surface area contributed by atoms with Gasteiger partial charge in [0.2, 0.25) is 0 Å². The van der Waals surface area contributed by atoms with Gasteiger partial charge in [-0.25, -0.2) is 0 Å². The van der Waals surface area contributed by atoms with Crippen molar-refractivity contribution in [2.24, 2.45) is 4.99 Å². The lowest BCUT2D eigenvalue weighted by Crippen LogP contribution is -2.07. The number of aliphatic imine (C=N–C) groups is 1. The number of benzene rings is 2. The molecule has 0 heterocycles. The number of ether oxygens (including phenoxy) is 2. The minimum Gasteiger partial charge on any atom is -0.427 e. The molecule has 2 aromatic rings. The van der Waals surface area contributed by atoms with E-state index in [-0.39, 0.29) is 11.9 Å². The summed E-state index contributed by atoms with van der Waals surface area (Å²) in [5.74, 6) is 0.559. The zero-order valence-electron chi connectivity index (χ0n) is 15.1. The lowest BCUT2D eigenvalue weighted by molar-refractivity contribution is -0.135. The summed E-state index contributed by atoms with van der Waals surface area (Å²) in [5.41, 5.74) is 1.64. The Hall–Kier alpha value is -2.95. The van der Waals surface area contributed by atoms with Crippen molar-refractivity contribution in [3.63, 3.8) is 0 Å². The number of hydrogen-bond donors (Lipinski definition) is 0. The fourth-order valence-electron chi connectivity index (χ4n) is 2.08. The number of rotatable bonds is 8. The van der Waals surface area contributed by atoms with Gasteiger partial charge in [0, 0.05) is 19.1 Å². The number of carbonyl (C=O) groups is 2. The molecule has 2 aromatic carbocycles. The Morgan fingerprint density at radius 3 is 2.04 bits per heavy atom. The van der Waals surface area contributed by atoms with E-state index >= 15 is 0 Å². The predicted molar refractivity (Wildman–Crippen MR) is 101 cm³/mol. The van der Waals surface area contributed by atoms with E-state index in [1.165, 1.54) is 0 Å². The molecular formula is C21H23NO4. The fourth-order valence-corrected chi connectivity index (χ4v) is 2.08. The van der Waals surface area contributed by atoms with Crippen LogP contribution < -0.4 is 9.47 Å². The van der Waals surface area contributed by atoms with Crippen molar-refractivity contribution in [3.8, 4) is 11.5 Å². The van der Waals surface area contributed by atoms with Gasteiger partial charge in [-0.2, -0.15) is 0 Å². The first-order valence-corrected chi connectivity index (χ1v) is 8.76. The van der Waals surface area contributed by atoms with Crippen LogP contribution >= 0.6 is 0 Å². The Bertz CT molecular complexity index is 749. The zero-order valence-corrected chi connectivity index (χ0v) is 15.1. The van der Waals surface area contributed by atoms with E-state index in [2.05, 4.69) is 4.99 Å². The molecule has 0 saturated heterocycles. The van der Waals surface area contributed by atoms with Gasteiger partial charge in [0.15, 0.2) is 0 Å². The van der Waals surface area contributed by atoms with Crippen LogP contribution in [0.2, 0.25) is 0 Å². The minimum absolute atomic E-state index is 0.211. The Kier molecular flexibility index (Phi) is 7.55. The number of hydrogen-bond acceptors (Lipinski definition) is 5. The topological polar surface area (TPSA) is 65.0 Å². The van der Waals surface area contributed by atoms with E-state index in [9.17, 15) is 9.59 Å². The van der Waals surface area contributed by atoms with Crippen molar-refractivity contribution in [1.29, 1.82) is 0 Å². The quantitative estimate of drug-likeness (QED) is 0.387. The standard InChI is InChI=1S/C21H23NO4/c1-3-5-6-21(24)26-18-11-7-16(8-12-18)15-22-17-9-13-19(14-10-17)25-20(23)4-2/h7-15H,3-6H2,1-2H3. The van der Waals surface area contributed by atoms with Gasteiger partial charge in [-0.05, 0) is 60.5 Å². The van der Waals surface area contributed by atoms with Crippen LogP contribution in [-0.2, 0) is 9.59 Å². The van der Waals surface area contributed by atoms with Crippen molar-refractivity contribution >= 4 is 23.8 Å². The number of unbranched alkanes of at least 4 members (excludes halogenated alkanes) is 1. The van der Waals surface area contributed by atoms with Gasteiger partial charge in [0.25, 0.3) is 0 Å². The van der Waals surface area contributed by atoms with Gasteiger partial charge in [-0.1, -0.05) is 20.3 Å². The lowest BCUT2D eigenvalue weighted by Gasteiger charge is -2.04. The van der Waals surface area contributed by atoms with Gasteiger partial charge in [0.05, 0.1) is 5.69 Å². The predicted octanol–water partition coefficient (Wildman–Crippen LogP) is 4.85. The first-order valence-electron chi connectivity index (χ1n) is 8.76. The Labute approximate surface area is 153 Å². The first-order chi connectivity index (χ1) is 12.6. The monoisotopic (exact) mass is 353 g/mol. The van der Waals surface area contributed by atoms with E-state index in [1.807, 2.05) is 19.1 Å². The summed E-state index contributed by atoms with van der Waals surface area (Å²) in [6, 6.07) is 14.1. The smallest absolute Gasteiger partial charge is 0.311 e. The summed E-state index contributed by atoms with van der Waals surface area (Å²) < 4.78 is 10.4. The van der Waals surface area contributed by atoms with Gasteiger partial charge in [-0.15, -0.1) is 0 Å². The van der Waals surface area contributed by atoms with Crippen LogP contribution in [0.15, 0.2) is 53.5 Å². The van der Waals surface area contributed by atoms with Gasteiger partial charge < -0.3 is 9.47 Å². The van der Waals surface area contributed by atoms with Crippen molar-refractivity contribution in [2.75, 3.05) is 0 Å². The highest BCUT2D eigenvalue weighted by Crippen LogP contribution is 2.19. The second kappa shape index (κ2) is 10.1. The summed E-state index contributed by atoms with van der Waals surface area (Å²) in [7, 11) is 0. The van der Waals surface area contributed by atoms with Gasteiger partial charge >= 0.3 is 11.9 Å². The molecule has 0 saturated carbocycles. The van der Waals surface area contributed by atoms with E-state index in [0.717, 1.165) is 24.1 Å². The lowest BCUT2D eigenvalue weighted by atomic mass is 10.2. The highest BCUT2D eigenvalue weighted by atomic mass is 16.5. The Morgan fingerprint density at radius 1 is 0.885 bits per heavy atom. The molecule has 5 heteroatoms. The van der Waals surface area contributed by atoms with Crippen LogP contribution in [0, 0.1) is 0 Å². The van der Waals surface area contributed by atoms with Crippen LogP contribution in [0.4, 0.5) is 5.69 Å². The van der Waals surface area contributed by atoms with E-state index < -0.39 is 0 Å². The van der Waals surface area contributed by atoms with Crippen molar-refractivity contribution in [3.05, 3.63) is 54.1 Å². The zero-order chi connectivity index (χ0) is 18.8. The second-order valence-corrected chi connectivity index (χ2v) is 5.73. The van der Waals surface area contributed by atoms with Crippen molar-refractivity contribution in [2.45, 2.75) is 39.5 Å². The summed E-state index contributed by atoms with van der Waals surface area (Å²) in [5, 5.41) is 0. The maximum Gasteiger partial charge on any atom is 0.311 e. The molecule has 0 aliphatic carbocycles. The molecule has 0 bridgehead atoms. The van der Waals surface area contributed by atoms with E-state index in [0.29, 0.717) is 24.3 Å². The third-order valence-corrected chi connectivity index (χ3v) is 3.57. The second-order valence-electron chi connectivity index (χ2n) is 5.73. The normalized spacial score (nSPS) is 10.7. The summed E-state index contributed by atoms with van der Waals surface area (Å²) in [6.07, 6.45) is 4.29. The average Bonchev–Trinajstić information content (AvgIpc) is 2.67. The molecule has 0 aliphatic heterocycles. The van der Waals surface area contributed by atoms with Crippen molar-refractivity contribution < 1.29 is 19.1 Å². The van der Waals surface area contributed by atoms with Gasteiger partial charge in [0.1, 0.15) is 11.5 Å². The first kappa shape index (κ1) is 19.4. The molecule has 2 rings (SSSR count). The van der Waals surface area contributed by atoms with Gasteiger partial charge in [-0.3, -0.25) is 14.6 Å². The van der Waals surface area contributed by atoms with Crippen molar-refractivity contribution in [1.82, 2.24) is 0 Å². The molecule has 136 valence electrons.